The quantitative estimate of drug-likeness (QED) is 0.764. The molecule has 3 rings (SSSR count). The summed E-state index contributed by atoms with van der Waals surface area (Å²) >= 11 is 0. The fourth-order valence-corrected chi connectivity index (χ4v) is 4.13. The summed E-state index contributed by atoms with van der Waals surface area (Å²) in [4.78, 5) is 24.4. The number of hydrogen-bond donors (Lipinski definition) is 1. The molecular formula is C19H24N4O4S. The van der Waals surface area contributed by atoms with Gasteiger partial charge in [0.05, 0.1) is 18.5 Å². The zero-order chi connectivity index (χ0) is 20.1. The Labute approximate surface area is 164 Å². The van der Waals surface area contributed by atoms with Gasteiger partial charge in [-0.1, -0.05) is 30.3 Å². The summed E-state index contributed by atoms with van der Waals surface area (Å²) in [5.41, 5.74) is 1.38. The molecule has 0 bridgehead atoms. The number of rotatable bonds is 6. The van der Waals surface area contributed by atoms with Crippen molar-refractivity contribution >= 4 is 15.9 Å². The minimum atomic E-state index is -3.20. The molecule has 150 valence electrons. The van der Waals surface area contributed by atoms with E-state index in [0.29, 0.717) is 31.6 Å². The normalized spacial score (nSPS) is 16.0. The van der Waals surface area contributed by atoms with Crippen molar-refractivity contribution in [2.45, 2.75) is 19.4 Å². The molecule has 1 fully saturated rings. The van der Waals surface area contributed by atoms with Gasteiger partial charge in [-0.25, -0.2) is 17.4 Å². The zero-order valence-electron chi connectivity index (χ0n) is 15.7. The summed E-state index contributed by atoms with van der Waals surface area (Å²) in [5, 5.41) is 7.20. The van der Waals surface area contributed by atoms with Gasteiger partial charge in [0.1, 0.15) is 0 Å². The maximum Gasteiger partial charge on any atom is 0.266 e. The number of carbonyl (C=O) groups is 1. The number of carbonyl (C=O) groups excluding carboxylic acids is 1. The monoisotopic (exact) mass is 404 g/mol. The molecule has 0 unspecified atom stereocenters. The van der Waals surface area contributed by atoms with Crippen molar-refractivity contribution in [1.82, 2.24) is 19.4 Å². The zero-order valence-corrected chi connectivity index (χ0v) is 16.6. The SMILES string of the molecule is CS(=O)(=O)N1CCC(C(=O)NCCn2nc(-c3ccccc3)ccc2=O)CC1. The Kier molecular flexibility index (Phi) is 6.25. The van der Waals surface area contributed by atoms with Crippen LogP contribution in [-0.4, -0.2) is 54.3 Å². The smallest absolute Gasteiger partial charge is 0.266 e. The van der Waals surface area contributed by atoms with Crippen molar-refractivity contribution in [2.75, 3.05) is 25.9 Å². The Balaban J connectivity index is 1.54. The van der Waals surface area contributed by atoms with Crippen LogP contribution in [0, 0.1) is 5.92 Å². The largest absolute Gasteiger partial charge is 0.354 e. The maximum atomic E-state index is 12.3. The number of sulfonamides is 1. The van der Waals surface area contributed by atoms with E-state index in [1.165, 1.54) is 21.3 Å². The summed E-state index contributed by atoms with van der Waals surface area (Å²) in [6, 6.07) is 12.7. The van der Waals surface area contributed by atoms with Gasteiger partial charge in [-0.15, -0.1) is 0 Å². The molecule has 8 nitrogen and oxygen atoms in total. The van der Waals surface area contributed by atoms with Crippen molar-refractivity contribution in [2.24, 2.45) is 5.92 Å². The second kappa shape index (κ2) is 8.66. The summed E-state index contributed by atoms with van der Waals surface area (Å²) in [5.74, 6) is -0.321. The van der Waals surface area contributed by atoms with Crippen LogP contribution in [-0.2, 0) is 21.4 Å². The van der Waals surface area contributed by atoms with E-state index in [1.54, 1.807) is 6.07 Å². The number of aromatic nitrogens is 2. The molecule has 2 aromatic rings. The number of amides is 1. The van der Waals surface area contributed by atoms with Gasteiger partial charge in [0, 0.05) is 37.2 Å². The van der Waals surface area contributed by atoms with Crippen molar-refractivity contribution < 1.29 is 13.2 Å². The Morgan fingerprint density at radius 3 is 2.46 bits per heavy atom. The van der Waals surface area contributed by atoms with Crippen LogP contribution in [0.4, 0.5) is 0 Å². The van der Waals surface area contributed by atoms with E-state index in [-0.39, 0.29) is 30.5 Å². The first-order chi connectivity index (χ1) is 13.3. The van der Waals surface area contributed by atoms with E-state index < -0.39 is 10.0 Å². The number of benzene rings is 1. The minimum absolute atomic E-state index is 0.111. The van der Waals surface area contributed by atoms with E-state index in [9.17, 15) is 18.0 Å². The van der Waals surface area contributed by atoms with Gasteiger partial charge in [-0.2, -0.15) is 5.10 Å². The molecule has 28 heavy (non-hydrogen) atoms. The van der Waals surface area contributed by atoms with Crippen LogP contribution in [0.25, 0.3) is 11.3 Å². The first-order valence-electron chi connectivity index (χ1n) is 9.21. The lowest BCUT2D eigenvalue weighted by atomic mass is 9.97. The average Bonchev–Trinajstić information content (AvgIpc) is 2.69. The molecule has 0 saturated carbocycles. The Hall–Kier alpha value is -2.52. The van der Waals surface area contributed by atoms with Gasteiger partial charge in [-0.05, 0) is 18.9 Å². The molecule has 1 aliphatic rings. The van der Waals surface area contributed by atoms with Crippen molar-refractivity contribution in [3.63, 3.8) is 0 Å². The van der Waals surface area contributed by atoms with Crippen LogP contribution >= 0.6 is 0 Å². The van der Waals surface area contributed by atoms with Crippen LogP contribution in [0.15, 0.2) is 47.3 Å². The molecule has 2 heterocycles. The van der Waals surface area contributed by atoms with Gasteiger partial charge < -0.3 is 5.32 Å². The van der Waals surface area contributed by atoms with Gasteiger partial charge in [0.2, 0.25) is 15.9 Å². The second-order valence-electron chi connectivity index (χ2n) is 6.87. The van der Waals surface area contributed by atoms with Crippen LogP contribution < -0.4 is 10.9 Å². The fourth-order valence-electron chi connectivity index (χ4n) is 3.25. The average molecular weight is 404 g/mol. The molecule has 0 spiro atoms. The Morgan fingerprint density at radius 2 is 1.82 bits per heavy atom. The topological polar surface area (TPSA) is 101 Å². The number of nitrogens with one attached hydrogen (secondary N) is 1. The third-order valence-electron chi connectivity index (χ3n) is 4.85. The first-order valence-corrected chi connectivity index (χ1v) is 11.1. The van der Waals surface area contributed by atoms with Crippen LogP contribution in [0.3, 0.4) is 0 Å². The van der Waals surface area contributed by atoms with Gasteiger partial charge in [-0.3, -0.25) is 9.59 Å². The molecule has 0 radical (unpaired) electrons. The van der Waals surface area contributed by atoms with Gasteiger partial charge in [0.15, 0.2) is 0 Å². The highest BCUT2D eigenvalue weighted by Crippen LogP contribution is 2.19. The lowest BCUT2D eigenvalue weighted by Crippen LogP contribution is -2.43. The molecular weight excluding hydrogens is 380 g/mol. The number of hydrogen-bond acceptors (Lipinski definition) is 5. The predicted octanol–water partition coefficient (Wildman–Crippen LogP) is 0.698. The number of piperidine rings is 1. The maximum absolute atomic E-state index is 12.3. The molecule has 1 N–H and O–H groups in total. The number of nitrogens with zero attached hydrogens (tertiary/aromatic N) is 3. The predicted molar refractivity (Wildman–Crippen MR) is 106 cm³/mol. The molecule has 1 saturated heterocycles. The Bertz CT molecular complexity index is 980. The molecule has 0 aliphatic carbocycles. The standard InChI is InChI=1S/C19H24N4O4S/c1-28(26,27)22-12-9-16(10-13-22)19(25)20-11-14-23-18(24)8-7-17(21-23)15-5-3-2-4-6-15/h2-8,16H,9-14H2,1H3,(H,20,25). The highest BCUT2D eigenvalue weighted by Gasteiger charge is 2.28. The lowest BCUT2D eigenvalue weighted by Gasteiger charge is -2.29. The van der Waals surface area contributed by atoms with E-state index >= 15 is 0 Å². The second-order valence-corrected chi connectivity index (χ2v) is 8.86. The summed E-state index contributed by atoms with van der Waals surface area (Å²) in [7, 11) is -3.20. The van der Waals surface area contributed by atoms with E-state index in [2.05, 4.69) is 10.4 Å². The van der Waals surface area contributed by atoms with Crippen LogP contribution in [0.1, 0.15) is 12.8 Å². The van der Waals surface area contributed by atoms with Crippen LogP contribution in [0.2, 0.25) is 0 Å². The molecule has 1 aromatic carbocycles. The molecule has 1 aliphatic heterocycles. The van der Waals surface area contributed by atoms with E-state index in [1.807, 2.05) is 30.3 Å². The first kappa shape index (κ1) is 20.2. The van der Waals surface area contributed by atoms with Gasteiger partial charge in [0.25, 0.3) is 5.56 Å². The van der Waals surface area contributed by atoms with Crippen LogP contribution in [0.5, 0.6) is 0 Å². The minimum Gasteiger partial charge on any atom is -0.354 e. The van der Waals surface area contributed by atoms with E-state index in [0.717, 1.165) is 5.56 Å². The summed E-state index contributed by atoms with van der Waals surface area (Å²) < 4.78 is 25.8. The molecule has 1 aromatic heterocycles. The third kappa shape index (κ3) is 5.05. The summed E-state index contributed by atoms with van der Waals surface area (Å²) in [6.45, 7) is 1.28. The molecule has 9 heteroatoms. The molecule has 0 atom stereocenters. The fraction of sp³-hybridized carbons (Fsp3) is 0.421. The highest BCUT2D eigenvalue weighted by molar-refractivity contribution is 7.88. The van der Waals surface area contributed by atoms with E-state index in [4.69, 9.17) is 0 Å². The lowest BCUT2D eigenvalue weighted by molar-refractivity contribution is -0.126. The third-order valence-corrected chi connectivity index (χ3v) is 6.16. The van der Waals surface area contributed by atoms with Gasteiger partial charge >= 0.3 is 0 Å². The van der Waals surface area contributed by atoms with Crippen molar-refractivity contribution in [1.29, 1.82) is 0 Å². The molecule has 1 amide bonds. The summed E-state index contributed by atoms with van der Waals surface area (Å²) in [6.07, 6.45) is 2.18. The Morgan fingerprint density at radius 1 is 1.14 bits per heavy atom. The van der Waals surface area contributed by atoms with Crippen molar-refractivity contribution in [3.8, 4) is 11.3 Å². The van der Waals surface area contributed by atoms with Crippen molar-refractivity contribution in [3.05, 3.63) is 52.8 Å². The highest BCUT2D eigenvalue weighted by atomic mass is 32.2.